The quantitative estimate of drug-likeness (QED) is 0.219. The highest BCUT2D eigenvalue weighted by Gasteiger charge is 2.67. The number of benzene rings is 3. The summed E-state index contributed by atoms with van der Waals surface area (Å²) in [5.74, 6) is -4.59. The van der Waals surface area contributed by atoms with Gasteiger partial charge in [0.25, 0.3) is 5.91 Å². The molecule has 0 spiro atoms. The number of hydrogen-bond acceptors (Lipinski definition) is 3. The highest BCUT2D eigenvalue weighted by molar-refractivity contribution is 6.53. The monoisotopic (exact) mass is 577 g/mol. The lowest BCUT2D eigenvalue weighted by molar-refractivity contribution is -0.117. The van der Waals surface area contributed by atoms with Crippen molar-refractivity contribution >= 4 is 86.9 Å². The number of nitrogens with two attached hydrogens (primary N) is 1. The van der Waals surface area contributed by atoms with E-state index in [1.165, 1.54) is 18.2 Å². The molecule has 2 amide bonds. The predicted octanol–water partition coefficient (Wildman–Crippen LogP) is 7.29. The molecule has 12 heteroatoms. The molecule has 1 saturated carbocycles. The smallest absolute Gasteiger partial charge is 0.257 e. The van der Waals surface area contributed by atoms with E-state index in [0.29, 0.717) is 15.6 Å². The van der Waals surface area contributed by atoms with Crippen molar-refractivity contribution in [2.24, 2.45) is 5.92 Å². The number of amides is 2. The van der Waals surface area contributed by atoms with Gasteiger partial charge in [-0.15, -0.1) is 23.2 Å². The van der Waals surface area contributed by atoms with Gasteiger partial charge in [0.15, 0.2) is 0 Å². The Hall–Kier alpha value is -2.29. The maximum absolute atomic E-state index is 14.1. The Morgan fingerprint density at radius 1 is 0.886 bits per heavy atom. The number of nitrogen functional groups attached to an aromatic ring is 1. The lowest BCUT2D eigenvalue weighted by Gasteiger charge is -2.11. The maximum Gasteiger partial charge on any atom is 0.257 e. The highest BCUT2D eigenvalue weighted by atomic mass is 35.5. The molecule has 5 nitrogen and oxygen atoms in total. The Labute approximate surface area is 223 Å². The van der Waals surface area contributed by atoms with Crippen molar-refractivity contribution in [3.05, 3.63) is 86.4 Å². The van der Waals surface area contributed by atoms with E-state index in [9.17, 15) is 18.4 Å². The molecule has 3 aromatic carbocycles. The van der Waals surface area contributed by atoms with Crippen molar-refractivity contribution in [2.45, 2.75) is 10.3 Å². The molecular weight excluding hydrogens is 566 g/mol. The molecule has 35 heavy (non-hydrogen) atoms. The first kappa shape index (κ1) is 25.8. The van der Waals surface area contributed by atoms with E-state index in [1.54, 1.807) is 18.2 Å². The second kappa shape index (κ2) is 9.64. The highest BCUT2D eigenvalue weighted by Crippen LogP contribution is 2.65. The Morgan fingerprint density at radius 3 is 2.20 bits per heavy atom. The van der Waals surface area contributed by atoms with Gasteiger partial charge < -0.3 is 16.4 Å². The van der Waals surface area contributed by atoms with Crippen LogP contribution in [-0.4, -0.2) is 16.1 Å². The van der Waals surface area contributed by atoms with Crippen LogP contribution in [0.1, 0.15) is 21.8 Å². The van der Waals surface area contributed by atoms with E-state index in [0.717, 1.165) is 12.1 Å². The zero-order chi connectivity index (χ0) is 25.7. The molecule has 0 radical (unpaired) electrons. The summed E-state index contributed by atoms with van der Waals surface area (Å²) in [7, 11) is 0. The van der Waals surface area contributed by atoms with Gasteiger partial charge in [-0.1, -0.05) is 34.8 Å². The van der Waals surface area contributed by atoms with Gasteiger partial charge in [-0.05, 0) is 42.0 Å². The number of halogens is 7. The van der Waals surface area contributed by atoms with Gasteiger partial charge in [-0.3, -0.25) is 9.59 Å². The molecule has 182 valence electrons. The number of nitrogens with one attached hydrogen (secondary N) is 2. The molecule has 2 atom stereocenters. The first-order valence-electron chi connectivity index (χ1n) is 9.88. The first-order valence-corrected chi connectivity index (χ1v) is 11.8. The van der Waals surface area contributed by atoms with Crippen LogP contribution in [0, 0.1) is 17.6 Å². The van der Waals surface area contributed by atoms with E-state index in [4.69, 9.17) is 63.7 Å². The standard InChI is InChI=1S/C23H14Cl5F2N3O2/c24-10-3-9(4-11(25)5-10)19-20(23(19,27)28)22(35)32-12-1-2-14(26)13(6-12)21(34)33-18-8-15(29)17(31)7-16(18)30/h1-8,19-20H,31H2,(H,32,35)(H,33,34)/t19-,20+/m0/s1. The fraction of sp³-hybridized carbons (Fsp3) is 0.130. The van der Waals surface area contributed by atoms with Gasteiger partial charge >= 0.3 is 0 Å². The Morgan fingerprint density at radius 2 is 1.54 bits per heavy atom. The third-order valence-corrected chi connectivity index (χ3v) is 7.10. The SMILES string of the molecule is Nc1cc(F)c(NC(=O)c2cc(NC(=O)[C@H]3[C@H](c4cc(Cl)cc(Cl)c4)C3(Cl)Cl)ccc2Cl)cc1F. The zero-order valence-corrected chi connectivity index (χ0v) is 21.1. The number of anilines is 3. The Balaban J connectivity index is 1.52. The molecule has 1 aliphatic rings. The van der Waals surface area contributed by atoms with Crippen LogP contribution in [0.25, 0.3) is 0 Å². The van der Waals surface area contributed by atoms with Crippen molar-refractivity contribution in [2.75, 3.05) is 16.4 Å². The molecular formula is C23H14Cl5F2N3O2. The van der Waals surface area contributed by atoms with E-state index in [-0.39, 0.29) is 16.3 Å². The molecule has 0 bridgehead atoms. The fourth-order valence-corrected chi connectivity index (χ4v) is 5.24. The van der Waals surface area contributed by atoms with Gasteiger partial charge in [0.05, 0.1) is 27.9 Å². The predicted molar refractivity (Wildman–Crippen MR) is 136 cm³/mol. The minimum Gasteiger partial charge on any atom is -0.396 e. The van der Waals surface area contributed by atoms with Crippen LogP contribution >= 0.6 is 58.0 Å². The van der Waals surface area contributed by atoms with Crippen LogP contribution < -0.4 is 16.4 Å². The lowest BCUT2D eigenvalue weighted by atomic mass is 10.1. The minimum atomic E-state index is -1.40. The third-order valence-electron chi connectivity index (χ3n) is 5.39. The van der Waals surface area contributed by atoms with E-state index in [2.05, 4.69) is 10.6 Å². The lowest BCUT2D eigenvalue weighted by Crippen LogP contribution is -2.18. The first-order chi connectivity index (χ1) is 16.4. The van der Waals surface area contributed by atoms with E-state index in [1.807, 2.05) is 0 Å². The second-order valence-electron chi connectivity index (χ2n) is 7.82. The van der Waals surface area contributed by atoms with Crippen LogP contribution in [0.2, 0.25) is 15.1 Å². The summed E-state index contributed by atoms with van der Waals surface area (Å²) in [4.78, 5) is 25.6. The van der Waals surface area contributed by atoms with Crippen molar-refractivity contribution < 1.29 is 18.4 Å². The molecule has 4 N–H and O–H groups in total. The van der Waals surface area contributed by atoms with Gasteiger partial charge in [0.2, 0.25) is 5.91 Å². The minimum absolute atomic E-state index is 0.0127. The number of rotatable bonds is 5. The van der Waals surface area contributed by atoms with Crippen molar-refractivity contribution in [1.29, 1.82) is 0 Å². The largest absolute Gasteiger partial charge is 0.396 e. The molecule has 1 aliphatic carbocycles. The van der Waals surface area contributed by atoms with Crippen molar-refractivity contribution in [1.82, 2.24) is 0 Å². The number of carbonyl (C=O) groups is 2. The van der Waals surface area contributed by atoms with E-state index < -0.39 is 51.0 Å². The van der Waals surface area contributed by atoms with Crippen LogP contribution in [0.15, 0.2) is 48.5 Å². The number of carbonyl (C=O) groups excluding carboxylic acids is 2. The van der Waals surface area contributed by atoms with Crippen molar-refractivity contribution in [3.8, 4) is 0 Å². The molecule has 0 aromatic heterocycles. The zero-order valence-electron chi connectivity index (χ0n) is 17.3. The van der Waals surface area contributed by atoms with Gasteiger partial charge in [0, 0.05) is 33.8 Å². The van der Waals surface area contributed by atoms with Gasteiger partial charge in [0.1, 0.15) is 16.0 Å². The summed E-state index contributed by atoms with van der Waals surface area (Å²) in [5, 5.41) is 5.62. The normalized spacial score (nSPS) is 18.1. The number of hydrogen-bond donors (Lipinski definition) is 3. The summed E-state index contributed by atoms with van der Waals surface area (Å²) in [6, 6.07) is 10.4. The van der Waals surface area contributed by atoms with Gasteiger partial charge in [-0.25, -0.2) is 8.78 Å². The average molecular weight is 580 g/mol. The topological polar surface area (TPSA) is 84.2 Å². The molecule has 0 saturated heterocycles. The third kappa shape index (κ3) is 5.29. The summed E-state index contributed by atoms with van der Waals surface area (Å²) in [6.45, 7) is 0. The molecule has 0 heterocycles. The molecule has 0 unspecified atom stereocenters. The molecule has 1 fully saturated rings. The van der Waals surface area contributed by atoms with Crippen LogP contribution in [0.5, 0.6) is 0 Å². The number of alkyl halides is 2. The van der Waals surface area contributed by atoms with Gasteiger partial charge in [-0.2, -0.15) is 0 Å². The summed E-state index contributed by atoms with van der Waals surface area (Å²) in [5.41, 5.74) is 5.18. The molecule has 0 aliphatic heterocycles. The molecule has 3 aromatic rings. The second-order valence-corrected chi connectivity index (χ2v) is 10.5. The van der Waals surface area contributed by atoms with Crippen molar-refractivity contribution in [3.63, 3.8) is 0 Å². The fourth-order valence-electron chi connectivity index (χ4n) is 3.67. The van der Waals surface area contributed by atoms with Crippen LogP contribution in [0.4, 0.5) is 25.8 Å². The van der Waals surface area contributed by atoms with Crippen LogP contribution in [-0.2, 0) is 4.79 Å². The van der Waals surface area contributed by atoms with Crippen LogP contribution in [0.3, 0.4) is 0 Å². The Kier molecular flexibility index (Phi) is 7.10. The Bertz CT molecular complexity index is 1350. The molecule has 4 rings (SSSR count). The van der Waals surface area contributed by atoms with E-state index >= 15 is 0 Å². The summed E-state index contributed by atoms with van der Waals surface area (Å²) >= 11 is 30.9. The summed E-state index contributed by atoms with van der Waals surface area (Å²) < 4.78 is 26.3. The maximum atomic E-state index is 14.1. The average Bonchev–Trinajstić information content (AvgIpc) is 3.34. The summed E-state index contributed by atoms with van der Waals surface area (Å²) in [6.07, 6.45) is 0.